The van der Waals surface area contributed by atoms with Crippen molar-refractivity contribution in [3.63, 3.8) is 0 Å². The highest BCUT2D eigenvalue weighted by atomic mass is 32.1. The number of nitrogens with one attached hydrogen (secondary N) is 1. The van der Waals surface area contributed by atoms with E-state index < -0.39 is 11.4 Å². The molecule has 5 rings (SSSR count). The van der Waals surface area contributed by atoms with Crippen LogP contribution in [-0.2, 0) is 4.79 Å². The van der Waals surface area contributed by atoms with Crippen LogP contribution in [0.25, 0.3) is 0 Å². The van der Waals surface area contributed by atoms with E-state index >= 15 is 0 Å². The van der Waals surface area contributed by atoms with E-state index in [2.05, 4.69) is 11.4 Å². The molecule has 0 saturated heterocycles. The predicted molar refractivity (Wildman–Crippen MR) is 98.1 cm³/mol. The summed E-state index contributed by atoms with van der Waals surface area (Å²) >= 11 is 1.73. The molecule has 4 saturated carbocycles. The second-order valence-electron chi connectivity index (χ2n) is 8.39. The molecular weight excluding hydrogens is 334 g/mol. The molecule has 0 unspecified atom stereocenters. The van der Waals surface area contributed by atoms with Crippen LogP contribution in [0.1, 0.15) is 91.8 Å². The number of fused-ring (bicyclic) bond motifs is 3. The molecule has 1 aromatic heterocycles. The maximum Gasteiger partial charge on any atom is 0.309 e. The van der Waals surface area contributed by atoms with Gasteiger partial charge in [0.15, 0.2) is 0 Å². The lowest BCUT2D eigenvalue weighted by Gasteiger charge is -2.51. The quantitative estimate of drug-likeness (QED) is 0.816. The Morgan fingerprint density at radius 3 is 2.28 bits per heavy atom. The Kier molecular flexibility index (Phi) is 4.38. The van der Waals surface area contributed by atoms with Crippen LogP contribution in [0.3, 0.4) is 0 Å². The summed E-state index contributed by atoms with van der Waals surface area (Å²) in [5, 5.41) is 14.8. The van der Waals surface area contributed by atoms with E-state index in [0.717, 1.165) is 24.8 Å². The highest BCUT2D eigenvalue weighted by Gasteiger charge is 2.53. The molecule has 4 fully saturated rings. The second-order valence-corrected chi connectivity index (χ2v) is 9.34. The Morgan fingerprint density at radius 1 is 1.04 bits per heavy atom. The lowest BCUT2D eigenvalue weighted by molar-refractivity contribution is -0.156. The van der Waals surface area contributed by atoms with Gasteiger partial charge in [0, 0.05) is 15.8 Å². The molecule has 1 aromatic rings. The minimum Gasteiger partial charge on any atom is -0.481 e. The fraction of sp³-hybridized carbons (Fsp3) is 0.700. The lowest BCUT2D eigenvalue weighted by atomic mass is 9.57. The van der Waals surface area contributed by atoms with Crippen molar-refractivity contribution in [2.45, 2.75) is 82.1 Å². The fourth-order valence-corrected chi connectivity index (χ4v) is 6.14. The average molecular weight is 362 g/mol. The molecule has 2 bridgehead atoms. The van der Waals surface area contributed by atoms with E-state index in [9.17, 15) is 14.7 Å². The van der Waals surface area contributed by atoms with Gasteiger partial charge in [0.05, 0.1) is 11.0 Å². The van der Waals surface area contributed by atoms with Crippen molar-refractivity contribution in [3.8, 4) is 0 Å². The Bertz CT molecular complexity index is 650. The minimum absolute atomic E-state index is 0.0306. The molecule has 0 spiro atoms. The van der Waals surface area contributed by atoms with Crippen molar-refractivity contribution in [2.24, 2.45) is 5.41 Å². The van der Waals surface area contributed by atoms with Crippen molar-refractivity contribution in [2.75, 3.05) is 0 Å². The van der Waals surface area contributed by atoms with E-state index in [1.54, 1.807) is 11.3 Å². The van der Waals surface area contributed by atoms with Gasteiger partial charge in [0.1, 0.15) is 0 Å². The molecule has 0 aromatic carbocycles. The summed E-state index contributed by atoms with van der Waals surface area (Å²) in [6.07, 6.45) is 10.9. The van der Waals surface area contributed by atoms with Crippen LogP contribution in [0.4, 0.5) is 0 Å². The van der Waals surface area contributed by atoms with Gasteiger partial charge in [-0.05, 0) is 63.4 Å². The number of aliphatic carboxylic acids is 1. The molecule has 1 heterocycles. The predicted octanol–water partition coefficient (Wildman–Crippen LogP) is 4.70. The monoisotopic (exact) mass is 361 g/mol. The first kappa shape index (κ1) is 17.1. The minimum atomic E-state index is -0.651. The first-order valence-electron chi connectivity index (χ1n) is 9.66. The van der Waals surface area contributed by atoms with Gasteiger partial charge in [0.2, 0.25) is 0 Å². The first-order chi connectivity index (χ1) is 12.0. The van der Waals surface area contributed by atoms with Crippen LogP contribution >= 0.6 is 11.3 Å². The maximum atomic E-state index is 12.8. The first-order valence-corrected chi connectivity index (χ1v) is 10.5. The fourth-order valence-electron chi connectivity index (χ4n) is 5.08. The summed E-state index contributed by atoms with van der Waals surface area (Å²) in [7, 11) is 0. The second kappa shape index (κ2) is 6.42. The topological polar surface area (TPSA) is 66.4 Å². The van der Waals surface area contributed by atoms with E-state index in [0.29, 0.717) is 25.2 Å². The summed E-state index contributed by atoms with van der Waals surface area (Å²) in [6, 6.07) is 2.10. The Labute approximate surface area is 153 Å². The third-order valence-electron chi connectivity index (χ3n) is 6.97. The maximum absolute atomic E-state index is 12.8. The molecule has 0 radical (unpaired) electrons. The molecule has 0 atom stereocenters. The smallest absolute Gasteiger partial charge is 0.309 e. The molecule has 4 nitrogen and oxygen atoms in total. The summed E-state index contributed by atoms with van der Waals surface area (Å²) < 4.78 is 0. The van der Waals surface area contributed by atoms with Crippen molar-refractivity contribution < 1.29 is 14.7 Å². The van der Waals surface area contributed by atoms with Gasteiger partial charge in [-0.1, -0.05) is 19.3 Å². The standard InChI is InChI=1S/C20H27NO3S/c22-17(15-12-16(25-13-15)14-4-2-1-3-5-14)21-20-9-6-19(7-10-20,8-11-20)18(23)24/h12-14H,1-11H2,(H,21,22)(H,23,24). The summed E-state index contributed by atoms with van der Waals surface area (Å²) in [6.45, 7) is 0. The number of rotatable bonds is 4. The third kappa shape index (κ3) is 3.12. The van der Waals surface area contributed by atoms with Crippen molar-refractivity contribution in [3.05, 3.63) is 21.9 Å². The SMILES string of the molecule is O=C(NC12CCC(C(=O)O)(CC1)CC2)c1csc(C2CCCCC2)c1. The summed E-state index contributed by atoms with van der Waals surface area (Å²) in [5.74, 6) is 0.0177. The number of carbonyl (C=O) groups is 2. The van der Waals surface area contributed by atoms with E-state index in [-0.39, 0.29) is 11.4 Å². The Hall–Kier alpha value is -1.36. The van der Waals surface area contributed by atoms with Gasteiger partial charge in [-0.3, -0.25) is 9.59 Å². The van der Waals surface area contributed by atoms with Crippen molar-refractivity contribution in [1.82, 2.24) is 5.32 Å². The molecule has 2 N–H and O–H groups in total. The zero-order valence-corrected chi connectivity index (χ0v) is 15.5. The molecule has 0 aliphatic heterocycles. The number of carboxylic acid groups (broad SMARTS) is 1. The van der Waals surface area contributed by atoms with Crippen LogP contribution in [0, 0.1) is 5.41 Å². The molecule has 4 aliphatic rings. The molecule has 4 aliphatic carbocycles. The van der Waals surface area contributed by atoms with E-state index in [4.69, 9.17) is 0 Å². The highest BCUT2D eigenvalue weighted by Crippen LogP contribution is 2.52. The molecule has 1 amide bonds. The average Bonchev–Trinajstić information content (AvgIpc) is 3.14. The molecule has 136 valence electrons. The number of hydrogen-bond acceptors (Lipinski definition) is 3. The van der Waals surface area contributed by atoms with Crippen LogP contribution in [0.5, 0.6) is 0 Å². The molecule has 5 heteroatoms. The number of carbonyl (C=O) groups excluding carboxylic acids is 1. The van der Waals surface area contributed by atoms with Crippen LogP contribution in [0.2, 0.25) is 0 Å². The van der Waals surface area contributed by atoms with Gasteiger partial charge in [0.25, 0.3) is 5.91 Å². The van der Waals surface area contributed by atoms with Crippen LogP contribution in [0.15, 0.2) is 11.4 Å². The number of hydrogen-bond donors (Lipinski definition) is 2. The van der Waals surface area contributed by atoms with Gasteiger partial charge >= 0.3 is 5.97 Å². The van der Waals surface area contributed by atoms with Crippen molar-refractivity contribution in [1.29, 1.82) is 0 Å². The van der Waals surface area contributed by atoms with Crippen LogP contribution in [-0.4, -0.2) is 22.5 Å². The lowest BCUT2D eigenvalue weighted by Crippen LogP contribution is -2.58. The molecular formula is C20H27NO3S. The number of carboxylic acids is 1. The van der Waals surface area contributed by atoms with E-state index in [1.165, 1.54) is 37.0 Å². The molecule has 25 heavy (non-hydrogen) atoms. The van der Waals surface area contributed by atoms with Gasteiger partial charge in [-0.15, -0.1) is 11.3 Å². The van der Waals surface area contributed by atoms with Gasteiger partial charge in [-0.2, -0.15) is 0 Å². The number of amides is 1. The number of thiophene rings is 1. The highest BCUT2D eigenvalue weighted by molar-refractivity contribution is 7.10. The van der Waals surface area contributed by atoms with Gasteiger partial charge in [-0.25, -0.2) is 0 Å². The van der Waals surface area contributed by atoms with E-state index in [1.807, 2.05) is 5.38 Å². The van der Waals surface area contributed by atoms with Crippen molar-refractivity contribution >= 4 is 23.2 Å². The van der Waals surface area contributed by atoms with Crippen LogP contribution < -0.4 is 5.32 Å². The third-order valence-corrected chi connectivity index (χ3v) is 8.06. The zero-order valence-electron chi connectivity index (χ0n) is 14.7. The summed E-state index contributed by atoms with van der Waals surface area (Å²) in [5.41, 5.74) is 0.0881. The summed E-state index contributed by atoms with van der Waals surface area (Å²) in [4.78, 5) is 25.7. The van der Waals surface area contributed by atoms with Gasteiger partial charge < -0.3 is 10.4 Å². The largest absolute Gasteiger partial charge is 0.481 e. The zero-order chi connectivity index (χ0) is 17.5. The Balaban J connectivity index is 1.41. The Morgan fingerprint density at radius 2 is 1.68 bits per heavy atom. The normalized spacial score (nSPS) is 32.5.